The molecule has 74 valence electrons. The largest absolute Gasteiger partial charge is 0.341 e. The molecule has 3 nitrogen and oxygen atoms in total. The smallest absolute Gasteiger partial charge is 0.225 e. The average Bonchev–Trinajstić information content (AvgIpc) is 3.01. The molecule has 1 heterocycles. The molecular weight excluding hydrogens is 176 g/mol. The van der Waals surface area contributed by atoms with Crippen LogP contribution in [0.5, 0.6) is 0 Å². The first-order valence-electron chi connectivity index (χ1n) is 4.91. The predicted octanol–water partition coefficient (Wildman–Crippen LogP) is 1.45. The summed E-state index contributed by atoms with van der Waals surface area (Å²) in [7, 11) is 1.86. The van der Waals surface area contributed by atoms with Gasteiger partial charge in [0.05, 0.1) is 0 Å². The first kappa shape index (κ1) is 9.19. The molecule has 0 unspecified atom stereocenters. The van der Waals surface area contributed by atoms with Gasteiger partial charge in [0.15, 0.2) is 0 Å². The number of rotatable bonds is 3. The molecule has 1 fully saturated rings. The van der Waals surface area contributed by atoms with E-state index in [-0.39, 0.29) is 5.91 Å². The summed E-state index contributed by atoms with van der Waals surface area (Å²) < 4.78 is 0. The van der Waals surface area contributed by atoms with E-state index in [1.807, 2.05) is 19.2 Å². The second-order valence-corrected chi connectivity index (χ2v) is 3.82. The highest BCUT2D eigenvalue weighted by Crippen LogP contribution is 2.30. The Morgan fingerprint density at radius 1 is 1.50 bits per heavy atom. The van der Waals surface area contributed by atoms with Crippen molar-refractivity contribution in [3.8, 4) is 0 Å². The van der Waals surface area contributed by atoms with Crippen LogP contribution in [0.4, 0.5) is 0 Å². The maximum atomic E-state index is 11.6. The molecule has 0 aromatic carbocycles. The number of carbonyl (C=O) groups excluding carboxylic acids is 1. The van der Waals surface area contributed by atoms with Gasteiger partial charge in [-0.1, -0.05) is 0 Å². The zero-order chi connectivity index (χ0) is 9.97. The molecule has 0 spiro atoms. The highest BCUT2D eigenvalue weighted by molar-refractivity contribution is 5.80. The molecule has 1 aliphatic carbocycles. The Balaban J connectivity index is 1.93. The zero-order valence-electron chi connectivity index (χ0n) is 8.31. The molecule has 0 radical (unpaired) electrons. The quantitative estimate of drug-likeness (QED) is 0.722. The van der Waals surface area contributed by atoms with E-state index in [4.69, 9.17) is 0 Å². The van der Waals surface area contributed by atoms with Crippen molar-refractivity contribution in [3.63, 3.8) is 0 Å². The summed E-state index contributed by atoms with van der Waals surface area (Å²) >= 11 is 0. The fraction of sp³-hybridized carbons (Fsp3) is 0.455. The van der Waals surface area contributed by atoms with Crippen LogP contribution in [-0.2, 0) is 11.3 Å². The highest BCUT2D eigenvalue weighted by Gasteiger charge is 2.31. The van der Waals surface area contributed by atoms with Crippen LogP contribution in [-0.4, -0.2) is 22.8 Å². The van der Waals surface area contributed by atoms with E-state index in [9.17, 15) is 4.79 Å². The van der Waals surface area contributed by atoms with Crippen molar-refractivity contribution in [2.75, 3.05) is 7.05 Å². The minimum Gasteiger partial charge on any atom is -0.341 e. The third kappa shape index (κ3) is 2.10. The Kier molecular flexibility index (Phi) is 2.48. The van der Waals surface area contributed by atoms with Crippen molar-refractivity contribution in [3.05, 3.63) is 30.1 Å². The average molecular weight is 190 g/mol. The van der Waals surface area contributed by atoms with Crippen molar-refractivity contribution in [2.45, 2.75) is 19.4 Å². The number of aromatic nitrogens is 1. The van der Waals surface area contributed by atoms with Crippen LogP contribution in [0.3, 0.4) is 0 Å². The lowest BCUT2D eigenvalue weighted by molar-refractivity contribution is -0.131. The van der Waals surface area contributed by atoms with Gasteiger partial charge in [0.1, 0.15) is 0 Å². The van der Waals surface area contributed by atoms with Gasteiger partial charge in [-0.15, -0.1) is 0 Å². The van der Waals surface area contributed by atoms with Gasteiger partial charge in [0.2, 0.25) is 5.91 Å². The number of carbonyl (C=O) groups is 1. The maximum Gasteiger partial charge on any atom is 0.225 e. The lowest BCUT2D eigenvalue weighted by Gasteiger charge is -2.16. The van der Waals surface area contributed by atoms with Crippen LogP contribution >= 0.6 is 0 Å². The van der Waals surface area contributed by atoms with Gasteiger partial charge in [-0.25, -0.2) is 0 Å². The Labute approximate surface area is 83.8 Å². The number of pyridine rings is 1. The summed E-state index contributed by atoms with van der Waals surface area (Å²) in [6.45, 7) is 0.692. The third-order valence-electron chi connectivity index (χ3n) is 2.47. The van der Waals surface area contributed by atoms with Gasteiger partial charge in [-0.2, -0.15) is 0 Å². The molecule has 1 amide bonds. The van der Waals surface area contributed by atoms with Crippen molar-refractivity contribution >= 4 is 5.91 Å². The van der Waals surface area contributed by atoms with E-state index in [0.29, 0.717) is 12.5 Å². The molecule has 0 aliphatic heterocycles. The van der Waals surface area contributed by atoms with Gasteiger partial charge >= 0.3 is 0 Å². The lowest BCUT2D eigenvalue weighted by Crippen LogP contribution is -2.27. The van der Waals surface area contributed by atoms with E-state index in [0.717, 1.165) is 18.4 Å². The summed E-state index contributed by atoms with van der Waals surface area (Å²) in [5, 5.41) is 0. The molecular formula is C11H14N2O. The fourth-order valence-corrected chi connectivity index (χ4v) is 1.48. The van der Waals surface area contributed by atoms with Crippen LogP contribution in [0.25, 0.3) is 0 Å². The first-order valence-corrected chi connectivity index (χ1v) is 4.91. The van der Waals surface area contributed by atoms with Gasteiger partial charge < -0.3 is 4.90 Å². The minimum atomic E-state index is 0.279. The SMILES string of the molecule is CN(Cc1ccncc1)C(=O)C1CC1. The molecule has 0 N–H and O–H groups in total. The van der Waals surface area contributed by atoms with Gasteiger partial charge in [-0.3, -0.25) is 9.78 Å². The molecule has 1 aromatic heterocycles. The number of hydrogen-bond acceptors (Lipinski definition) is 2. The first-order chi connectivity index (χ1) is 6.77. The van der Waals surface area contributed by atoms with Crippen molar-refractivity contribution in [2.24, 2.45) is 5.92 Å². The second-order valence-electron chi connectivity index (χ2n) is 3.82. The van der Waals surface area contributed by atoms with E-state index in [2.05, 4.69) is 4.98 Å². The summed E-state index contributed by atoms with van der Waals surface area (Å²) in [6.07, 6.45) is 5.65. The van der Waals surface area contributed by atoms with Gasteiger partial charge in [0, 0.05) is 31.9 Å². The monoisotopic (exact) mass is 190 g/mol. The van der Waals surface area contributed by atoms with Crippen LogP contribution in [0.15, 0.2) is 24.5 Å². The Morgan fingerprint density at radius 2 is 2.14 bits per heavy atom. The molecule has 1 saturated carbocycles. The molecule has 2 rings (SSSR count). The number of amides is 1. The minimum absolute atomic E-state index is 0.279. The summed E-state index contributed by atoms with van der Waals surface area (Å²) in [4.78, 5) is 17.4. The normalized spacial score (nSPS) is 15.2. The van der Waals surface area contributed by atoms with Gasteiger partial charge in [0.25, 0.3) is 0 Å². The van der Waals surface area contributed by atoms with E-state index in [1.54, 1.807) is 17.3 Å². The Bertz CT molecular complexity index is 319. The molecule has 14 heavy (non-hydrogen) atoms. The third-order valence-corrected chi connectivity index (χ3v) is 2.47. The van der Waals surface area contributed by atoms with Crippen molar-refractivity contribution in [1.29, 1.82) is 0 Å². The van der Waals surface area contributed by atoms with Crippen molar-refractivity contribution < 1.29 is 4.79 Å². The molecule has 0 bridgehead atoms. The zero-order valence-corrected chi connectivity index (χ0v) is 8.31. The highest BCUT2D eigenvalue weighted by atomic mass is 16.2. The van der Waals surface area contributed by atoms with Gasteiger partial charge in [-0.05, 0) is 30.5 Å². The van der Waals surface area contributed by atoms with E-state index < -0.39 is 0 Å². The second kappa shape index (κ2) is 3.78. The molecule has 1 aromatic rings. The van der Waals surface area contributed by atoms with Crippen LogP contribution < -0.4 is 0 Å². The fourth-order valence-electron chi connectivity index (χ4n) is 1.48. The Hall–Kier alpha value is -1.38. The standard InChI is InChI=1S/C11H14N2O/c1-13(11(14)10-2-3-10)8-9-4-6-12-7-5-9/h4-7,10H,2-3,8H2,1H3. The Morgan fingerprint density at radius 3 is 2.71 bits per heavy atom. The topological polar surface area (TPSA) is 33.2 Å². The molecule has 1 aliphatic rings. The van der Waals surface area contributed by atoms with Crippen molar-refractivity contribution in [1.82, 2.24) is 9.88 Å². The maximum absolute atomic E-state index is 11.6. The van der Waals surface area contributed by atoms with E-state index >= 15 is 0 Å². The van der Waals surface area contributed by atoms with Crippen LogP contribution in [0.2, 0.25) is 0 Å². The molecule has 0 saturated heterocycles. The summed E-state index contributed by atoms with van der Waals surface area (Å²) in [5.74, 6) is 0.587. The number of hydrogen-bond donors (Lipinski definition) is 0. The summed E-state index contributed by atoms with van der Waals surface area (Å²) in [5.41, 5.74) is 1.14. The predicted molar refractivity (Wildman–Crippen MR) is 53.4 cm³/mol. The van der Waals surface area contributed by atoms with E-state index in [1.165, 1.54) is 0 Å². The number of nitrogens with zero attached hydrogens (tertiary/aromatic N) is 2. The molecule has 3 heteroatoms. The summed E-state index contributed by atoms with van der Waals surface area (Å²) in [6, 6.07) is 3.88. The molecule has 0 atom stereocenters. The van der Waals surface area contributed by atoms with Crippen LogP contribution in [0, 0.1) is 5.92 Å². The van der Waals surface area contributed by atoms with Crippen LogP contribution in [0.1, 0.15) is 18.4 Å². The lowest BCUT2D eigenvalue weighted by atomic mass is 10.2.